The molecule has 0 aliphatic carbocycles. The molecule has 0 radical (unpaired) electrons. The van der Waals surface area contributed by atoms with E-state index in [-0.39, 0.29) is 18.7 Å². The van der Waals surface area contributed by atoms with Crippen molar-refractivity contribution in [3.8, 4) is 0 Å². The number of aliphatic hydroxyl groups excluding tert-OH is 1. The Kier molecular flexibility index (Phi) is 4.97. The second kappa shape index (κ2) is 6.71. The average molecular weight is 282 g/mol. The fourth-order valence-corrected chi connectivity index (χ4v) is 2.10. The Labute approximate surface area is 118 Å². The van der Waals surface area contributed by atoms with Gasteiger partial charge in [-0.3, -0.25) is 5.10 Å². The van der Waals surface area contributed by atoms with Crippen molar-refractivity contribution in [2.75, 3.05) is 13.2 Å². The van der Waals surface area contributed by atoms with Gasteiger partial charge in [0.1, 0.15) is 0 Å². The Morgan fingerprint density at radius 2 is 2.40 bits per heavy atom. The number of carbonyl (C=O) groups is 1. The number of aromatic amines is 1. The highest BCUT2D eigenvalue weighted by molar-refractivity contribution is 5.75. The number of amides is 2. The van der Waals surface area contributed by atoms with Gasteiger partial charge in [-0.2, -0.15) is 5.10 Å². The van der Waals surface area contributed by atoms with Crippen LogP contribution in [0.3, 0.4) is 0 Å². The van der Waals surface area contributed by atoms with Gasteiger partial charge in [-0.15, -0.1) is 0 Å². The van der Waals surface area contributed by atoms with E-state index in [0.717, 1.165) is 23.4 Å². The normalized spacial score (nSPS) is 15.2. The van der Waals surface area contributed by atoms with Gasteiger partial charge in [-0.1, -0.05) is 6.92 Å². The van der Waals surface area contributed by atoms with E-state index in [2.05, 4.69) is 15.5 Å². The molecule has 7 heteroatoms. The van der Waals surface area contributed by atoms with Crippen molar-refractivity contribution in [1.29, 1.82) is 0 Å². The minimum Gasteiger partial charge on any atom is -0.394 e. The Bertz CT molecular complexity index is 460. The molecule has 1 aromatic rings. The third-order valence-corrected chi connectivity index (χ3v) is 3.48. The number of nitrogens with one attached hydrogen (secondary N) is 2. The molecular formula is C13H22N4O3. The van der Waals surface area contributed by atoms with Gasteiger partial charge in [0.2, 0.25) is 0 Å². The summed E-state index contributed by atoms with van der Waals surface area (Å²) in [6.45, 7) is 5.76. The molecule has 0 aromatic carbocycles. The van der Waals surface area contributed by atoms with Gasteiger partial charge in [-0.25, -0.2) is 4.79 Å². The maximum Gasteiger partial charge on any atom is 0.318 e. The number of hydrogen-bond donors (Lipinski definition) is 3. The van der Waals surface area contributed by atoms with Crippen LogP contribution in [0.5, 0.6) is 0 Å². The zero-order valence-electron chi connectivity index (χ0n) is 12.0. The number of aromatic nitrogens is 2. The van der Waals surface area contributed by atoms with Crippen molar-refractivity contribution in [3.63, 3.8) is 0 Å². The summed E-state index contributed by atoms with van der Waals surface area (Å²) in [6, 6.07) is 0.123. The Morgan fingerprint density at radius 1 is 1.60 bits per heavy atom. The van der Waals surface area contributed by atoms with Crippen LogP contribution in [-0.4, -0.2) is 45.5 Å². The van der Waals surface area contributed by atoms with Crippen LogP contribution in [0.25, 0.3) is 0 Å². The average Bonchev–Trinajstić information content (AvgIpc) is 3.00. The highest BCUT2D eigenvalue weighted by atomic mass is 16.5. The number of fused-ring (bicyclic) bond motifs is 1. The maximum absolute atomic E-state index is 12.1. The molecule has 1 aliphatic heterocycles. The number of H-pyrrole nitrogens is 1. The summed E-state index contributed by atoms with van der Waals surface area (Å²) >= 11 is 0. The second-order valence-electron chi connectivity index (χ2n) is 5.02. The van der Waals surface area contributed by atoms with E-state index < -0.39 is 0 Å². The standard InChI is InChI=1S/C13H22N4O3/c1-3-9(2)14-13(19)17-6-10-11(7-17)15-16-12(10)8-20-5-4-18/h9,18H,3-8H2,1-2H3,(H,14,19)(H,15,16). The highest BCUT2D eigenvalue weighted by Crippen LogP contribution is 2.24. The first kappa shape index (κ1) is 14.8. The summed E-state index contributed by atoms with van der Waals surface area (Å²) in [6.07, 6.45) is 0.909. The van der Waals surface area contributed by atoms with Crippen molar-refractivity contribution in [2.45, 2.75) is 46.0 Å². The third-order valence-electron chi connectivity index (χ3n) is 3.48. The molecule has 1 unspecified atom stereocenters. The monoisotopic (exact) mass is 282 g/mol. The van der Waals surface area contributed by atoms with E-state index in [1.54, 1.807) is 4.90 Å². The van der Waals surface area contributed by atoms with Gasteiger partial charge in [0.05, 0.1) is 44.3 Å². The van der Waals surface area contributed by atoms with Crippen LogP contribution < -0.4 is 5.32 Å². The van der Waals surface area contributed by atoms with Crippen LogP contribution in [0.1, 0.15) is 37.2 Å². The molecule has 20 heavy (non-hydrogen) atoms. The molecule has 0 saturated heterocycles. The van der Waals surface area contributed by atoms with Gasteiger partial charge in [0, 0.05) is 11.6 Å². The summed E-state index contributed by atoms with van der Waals surface area (Å²) < 4.78 is 5.28. The molecule has 2 rings (SSSR count). The number of urea groups is 1. The molecule has 0 fully saturated rings. The summed E-state index contributed by atoms with van der Waals surface area (Å²) in [5.74, 6) is 0. The van der Waals surface area contributed by atoms with E-state index >= 15 is 0 Å². The zero-order valence-corrected chi connectivity index (χ0v) is 12.0. The number of ether oxygens (including phenoxy) is 1. The smallest absolute Gasteiger partial charge is 0.318 e. The van der Waals surface area contributed by atoms with Crippen molar-refractivity contribution < 1.29 is 14.6 Å². The Balaban J connectivity index is 1.92. The zero-order chi connectivity index (χ0) is 14.5. The van der Waals surface area contributed by atoms with Crippen LogP contribution in [-0.2, 0) is 24.4 Å². The first-order chi connectivity index (χ1) is 9.65. The predicted octanol–water partition coefficient (Wildman–Crippen LogP) is 0.742. The lowest BCUT2D eigenvalue weighted by Crippen LogP contribution is -2.41. The van der Waals surface area contributed by atoms with Crippen molar-refractivity contribution in [3.05, 3.63) is 17.0 Å². The van der Waals surface area contributed by atoms with Crippen molar-refractivity contribution >= 4 is 6.03 Å². The van der Waals surface area contributed by atoms with E-state index in [0.29, 0.717) is 26.3 Å². The van der Waals surface area contributed by atoms with Gasteiger partial charge >= 0.3 is 6.03 Å². The quantitative estimate of drug-likeness (QED) is 0.671. The summed E-state index contributed by atoms with van der Waals surface area (Å²) in [7, 11) is 0. The van der Waals surface area contributed by atoms with E-state index in [1.165, 1.54) is 0 Å². The molecule has 2 heterocycles. The number of hydrogen-bond acceptors (Lipinski definition) is 4. The molecule has 2 amide bonds. The number of rotatable bonds is 6. The molecular weight excluding hydrogens is 260 g/mol. The first-order valence-electron chi connectivity index (χ1n) is 6.94. The van der Waals surface area contributed by atoms with Crippen LogP contribution in [0.15, 0.2) is 0 Å². The first-order valence-corrected chi connectivity index (χ1v) is 6.94. The largest absolute Gasteiger partial charge is 0.394 e. The van der Waals surface area contributed by atoms with Gasteiger partial charge < -0.3 is 20.1 Å². The van der Waals surface area contributed by atoms with Crippen LogP contribution in [0.2, 0.25) is 0 Å². The molecule has 1 aliphatic rings. The van der Waals surface area contributed by atoms with Crippen LogP contribution in [0, 0.1) is 0 Å². The van der Waals surface area contributed by atoms with E-state index in [4.69, 9.17) is 9.84 Å². The molecule has 1 atom stereocenters. The van der Waals surface area contributed by atoms with E-state index in [1.807, 2.05) is 13.8 Å². The van der Waals surface area contributed by atoms with Crippen molar-refractivity contribution in [2.24, 2.45) is 0 Å². The lowest BCUT2D eigenvalue weighted by Gasteiger charge is -2.19. The molecule has 112 valence electrons. The Morgan fingerprint density at radius 3 is 3.10 bits per heavy atom. The number of nitrogens with zero attached hydrogens (tertiary/aromatic N) is 2. The molecule has 7 nitrogen and oxygen atoms in total. The second-order valence-corrected chi connectivity index (χ2v) is 5.02. The summed E-state index contributed by atoms with van der Waals surface area (Å²) in [5, 5.41) is 18.8. The van der Waals surface area contributed by atoms with Crippen molar-refractivity contribution in [1.82, 2.24) is 20.4 Å². The lowest BCUT2D eigenvalue weighted by atomic mass is 10.2. The summed E-state index contributed by atoms with van der Waals surface area (Å²) in [4.78, 5) is 13.8. The number of carbonyl (C=O) groups excluding carboxylic acids is 1. The van der Waals surface area contributed by atoms with Crippen LogP contribution >= 0.6 is 0 Å². The maximum atomic E-state index is 12.1. The highest BCUT2D eigenvalue weighted by Gasteiger charge is 2.28. The summed E-state index contributed by atoms with van der Waals surface area (Å²) in [5.41, 5.74) is 2.81. The fraction of sp³-hybridized carbons (Fsp3) is 0.692. The molecule has 0 spiro atoms. The van der Waals surface area contributed by atoms with Gasteiger partial charge in [-0.05, 0) is 13.3 Å². The molecule has 0 bridgehead atoms. The molecule has 3 N–H and O–H groups in total. The van der Waals surface area contributed by atoms with Crippen LogP contribution in [0.4, 0.5) is 4.79 Å². The topological polar surface area (TPSA) is 90.5 Å². The number of aliphatic hydroxyl groups is 1. The SMILES string of the molecule is CCC(C)NC(=O)N1Cc2[nH]nc(COCCO)c2C1. The third kappa shape index (κ3) is 3.29. The predicted molar refractivity (Wildman–Crippen MR) is 72.9 cm³/mol. The van der Waals surface area contributed by atoms with E-state index in [9.17, 15) is 4.79 Å². The minimum absolute atomic E-state index is 0.00392. The molecule has 0 saturated carbocycles. The Hall–Kier alpha value is -1.60. The van der Waals surface area contributed by atoms with Gasteiger partial charge in [0.25, 0.3) is 0 Å². The minimum atomic E-state index is -0.0498. The van der Waals surface area contributed by atoms with Gasteiger partial charge in [0.15, 0.2) is 0 Å². The molecule has 1 aromatic heterocycles. The fourth-order valence-electron chi connectivity index (χ4n) is 2.10. The lowest BCUT2D eigenvalue weighted by molar-refractivity contribution is 0.0791.